The number of nitrogens with zero attached hydrogens (tertiary/aromatic N) is 1. The number of aliphatic carboxylic acids is 1. The standard InChI is InChI=1S/C19H20N2O5/c1-25-16-11-17(18(22)23)21(12-16)19(24)20-13-6-5-9-15(10-13)26-14-7-3-2-4-8-14/h2-10,16-17H,11-12H2,1H3,(H,20,24)(H,22,23)/t16-,17-/m0/s1. The fourth-order valence-corrected chi connectivity index (χ4v) is 2.88. The zero-order chi connectivity index (χ0) is 18.5. The number of carboxylic acids is 1. The zero-order valence-corrected chi connectivity index (χ0v) is 14.3. The highest BCUT2D eigenvalue weighted by atomic mass is 16.5. The second-order valence-corrected chi connectivity index (χ2v) is 5.97. The number of hydrogen-bond donors (Lipinski definition) is 2. The minimum absolute atomic E-state index is 0.236. The highest BCUT2D eigenvalue weighted by Gasteiger charge is 2.39. The van der Waals surface area contributed by atoms with Gasteiger partial charge in [0.2, 0.25) is 0 Å². The summed E-state index contributed by atoms with van der Waals surface area (Å²) in [6.07, 6.45) is -0.00856. The van der Waals surface area contributed by atoms with E-state index in [0.29, 0.717) is 17.2 Å². The van der Waals surface area contributed by atoms with Crippen LogP contribution in [0, 0.1) is 0 Å². The Morgan fingerprint density at radius 2 is 1.85 bits per heavy atom. The number of carboxylic acid groups (broad SMARTS) is 1. The maximum Gasteiger partial charge on any atom is 0.326 e. The molecule has 0 saturated carbocycles. The van der Waals surface area contributed by atoms with Crippen molar-refractivity contribution in [3.63, 3.8) is 0 Å². The van der Waals surface area contributed by atoms with E-state index in [1.165, 1.54) is 12.0 Å². The fourth-order valence-electron chi connectivity index (χ4n) is 2.88. The number of carbonyl (C=O) groups excluding carboxylic acids is 1. The molecule has 0 aromatic heterocycles. The number of benzene rings is 2. The number of amides is 2. The fraction of sp³-hybridized carbons (Fsp3) is 0.263. The lowest BCUT2D eigenvalue weighted by Gasteiger charge is -2.21. The van der Waals surface area contributed by atoms with Gasteiger partial charge in [0.25, 0.3) is 0 Å². The van der Waals surface area contributed by atoms with E-state index in [1.807, 2.05) is 30.3 Å². The molecule has 0 radical (unpaired) electrons. The van der Waals surface area contributed by atoms with Gasteiger partial charge < -0.3 is 24.8 Å². The van der Waals surface area contributed by atoms with Crippen LogP contribution in [0.5, 0.6) is 11.5 Å². The van der Waals surface area contributed by atoms with Crippen LogP contribution in [0.4, 0.5) is 10.5 Å². The van der Waals surface area contributed by atoms with E-state index < -0.39 is 18.0 Å². The van der Waals surface area contributed by atoms with Gasteiger partial charge in [-0.1, -0.05) is 24.3 Å². The second kappa shape index (κ2) is 7.88. The van der Waals surface area contributed by atoms with Crippen molar-refractivity contribution in [1.82, 2.24) is 4.90 Å². The van der Waals surface area contributed by atoms with Crippen LogP contribution in [0.15, 0.2) is 54.6 Å². The predicted octanol–water partition coefficient (Wildman–Crippen LogP) is 3.18. The average molecular weight is 356 g/mol. The van der Waals surface area contributed by atoms with Gasteiger partial charge in [-0.15, -0.1) is 0 Å². The van der Waals surface area contributed by atoms with Crippen molar-refractivity contribution < 1.29 is 24.2 Å². The van der Waals surface area contributed by atoms with Crippen LogP contribution in [0.25, 0.3) is 0 Å². The molecule has 1 aliphatic rings. The third kappa shape index (κ3) is 4.12. The maximum absolute atomic E-state index is 12.5. The third-order valence-corrected chi connectivity index (χ3v) is 4.21. The summed E-state index contributed by atoms with van der Waals surface area (Å²) in [7, 11) is 1.51. The lowest BCUT2D eigenvalue weighted by Crippen LogP contribution is -2.43. The molecule has 1 heterocycles. The molecule has 0 aliphatic carbocycles. The number of methoxy groups -OCH3 is 1. The van der Waals surface area contributed by atoms with Crippen LogP contribution in [-0.4, -0.2) is 47.8 Å². The number of urea groups is 1. The first-order valence-corrected chi connectivity index (χ1v) is 8.23. The molecule has 7 heteroatoms. The largest absolute Gasteiger partial charge is 0.480 e. The summed E-state index contributed by atoms with van der Waals surface area (Å²) in [5, 5.41) is 12.1. The molecule has 1 aliphatic heterocycles. The van der Waals surface area contributed by atoms with Crippen LogP contribution in [0.2, 0.25) is 0 Å². The van der Waals surface area contributed by atoms with Crippen LogP contribution in [0.3, 0.4) is 0 Å². The summed E-state index contributed by atoms with van der Waals surface area (Å²) in [4.78, 5) is 25.2. The first-order chi connectivity index (χ1) is 12.6. The zero-order valence-electron chi connectivity index (χ0n) is 14.3. The highest BCUT2D eigenvalue weighted by Crippen LogP contribution is 2.25. The van der Waals surface area contributed by atoms with E-state index >= 15 is 0 Å². The van der Waals surface area contributed by atoms with E-state index in [4.69, 9.17) is 9.47 Å². The number of likely N-dealkylation sites (tertiary alicyclic amines) is 1. The number of ether oxygens (including phenoxy) is 2. The Morgan fingerprint density at radius 1 is 1.12 bits per heavy atom. The summed E-state index contributed by atoms with van der Waals surface area (Å²) >= 11 is 0. The molecular formula is C19H20N2O5. The molecule has 2 atom stereocenters. The van der Waals surface area contributed by atoms with Gasteiger partial charge in [0, 0.05) is 31.8 Å². The monoisotopic (exact) mass is 356 g/mol. The number of anilines is 1. The van der Waals surface area contributed by atoms with Gasteiger partial charge in [0.1, 0.15) is 17.5 Å². The number of rotatable bonds is 5. The van der Waals surface area contributed by atoms with E-state index in [2.05, 4.69) is 5.32 Å². The van der Waals surface area contributed by atoms with Gasteiger partial charge in [-0.05, 0) is 24.3 Å². The number of para-hydroxylation sites is 1. The Balaban J connectivity index is 1.69. The van der Waals surface area contributed by atoms with E-state index in [1.54, 1.807) is 24.3 Å². The lowest BCUT2D eigenvalue weighted by molar-refractivity contribution is -0.141. The van der Waals surface area contributed by atoms with Crippen molar-refractivity contribution in [3.8, 4) is 11.5 Å². The topological polar surface area (TPSA) is 88.1 Å². The maximum atomic E-state index is 12.5. The Labute approximate surface area is 151 Å². The minimum Gasteiger partial charge on any atom is -0.480 e. The molecule has 1 saturated heterocycles. The first-order valence-electron chi connectivity index (χ1n) is 8.23. The van der Waals surface area contributed by atoms with Gasteiger partial charge in [0.15, 0.2) is 0 Å². The van der Waals surface area contributed by atoms with Crippen molar-refractivity contribution in [2.24, 2.45) is 0 Å². The first kappa shape index (κ1) is 17.8. The average Bonchev–Trinajstić information content (AvgIpc) is 3.08. The van der Waals surface area contributed by atoms with E-state index in [9.17, 15) is 14.7 Å². The van der Waals surface area contributed by atoms with Gasteiger partial charge in [-0.3, -0.25) is 0 Å². The van der Waals surface area contributed by atoms with Gasteiger partial charge in [-0.2, -0.15) is 0 Å². The summed E-state index contributed by atoms with van der Waals surface area (Å²) in [6, 6.07) is 14.8. The quantitative estimate of drug-likeness (QED) is 0.859. The Morgan fingerprint density at radius 3 is 2.54 bits per heavy atom. The number of hydrogen-bond acceptors (Lipinski definition) is 4. The molecule has 2 aromatic carbocycles. The molecule has 0 unspecified atom stereocenters. The summed E-state index contributed by atoms with van der Waals surface area (Å²) in [5.74, 6) is 0.213. The highest BCUT2D eigenvalue weighted by molar-refractivity contribution is 5.93. The van der Waals surface area contributed by atoms with E-state index in [-0.39, 0.29) is 19.1 Å². The van der Waals surface area contributed by atoms with Crippen LogP contribution in [-0.2, 0) is 9.53 Å². The Bertz CT molecular complexity index is 781. The molecule has 2 N–H and O–H groups in total. The van der Waals surface area contributed by atoms with Crippen LogP contribution >= 0.6 is 0 Å². The van der Waals surface area contributed by atoms with Gasteiger partial charge in [0.05, 0.1) is 6.10 Å². The lowest BCUT2D eigenvalue weighted by atomic mass is 10.2. The molecule has 7 nitrogen and oxygen atoms in total. The smallest absolute Gasteiger partial charge is 0.326 e. The molecule has 2 amide bonds. The minimum atomic E-state index is -1.04. The number of carbonyl (C=O) groups is 2. The summed E-state index contributed by atoms with van der Waals surface area (Å²) in [5.41, 5.74) is 0.522. The van der Waals surface area contributed by atoms with Crippen molar-refractivity contribution >= 4 is 17.7 Å². The molecule has 1 fully saturated rings. The van der Waals surface area contributed by atoms with Crippen molar-refractivity contribution in [3.05, 3.63) is 54.6 Å². The van der Waals surface area contributed by atoms with Crippen molar-refractivity contribution in [2.45, 2.75) is 18.6 Å². The van der Waals surface area contributed by atoms with Crippen molar-refractivity contribution in [2.75, 3.05) is 19.0 Å². The molecule has 136 valence electrons. The summed E-state index contributed by atoms with van der Waals surface area (Å²) in [6.45, 7) is 0.236. The molecule has 0 bridgehead atoms. The van der Waals surface area contributed by atoms with E-state index in [0.717, 1.165) is 0 Å². The molecule has 3 rings (SSSR count). The van der Waals surface area contributed by atoms with Crippen LogP contribution in [0.1, 0.15) is 6.42 Å². The molecule has 26 heavy (non-hydrogen) atoms. The molecule has 2 aromatic rings. The molecular weight excluding hydrogens is 336 g/mol. The van der Waals surface area contributed by atoms with Gasteiger partial charge in [-0.25, -0.2) is 9.59 Å². The van der Waals surface area contributed by atoms with Crippen molar-refractivity contribution in [1.29, 1.82) is 0 Å². The predicted molar refractivity (Wildman–Crippen MR) is 95.5 cm³/mol. The second-order valence-electron chi connectivity index (χ2n) is 5.97. The number of nitrogens with one attached hydrogen (secondary N) is 1. The van der Waals surface area contributed by atoms with Gasteiger partial charge >= 0.3 is 12.0 Å². The molecule has 0 spiro atoms. The SMILES string of the molecule is CO[C@H]1C[C@@H](C(=O)O)N(C(=O)Nc2cccc(Oc3ccccc3)c2)C1. The Hall–Kier alpha value is -3.06. The summed E-state index contributed by atoms with van der Waals surface area (Å²) < 4.78 is 10.9. The third-order valence-electron chi connectivity index (χ3n) is 4.21. The Kier molecular flexibility index (Phi) is 5.38. The normalized spacial score (nSPS) is 19.2. The van der Waals surface area contributed by atoms with Crippen LogP contribution < -0.4 is 10.1 Å².